The van der Waals surface area contributed by atoms with Crippen LogP contribution in [0.5, 0.6) is 0 Å². The number of hydrogen-bond acceptors (Lipinski definition) is 2. The van der Waals surface area contributed by atoms with Crippen molar-refractivity contribution in [1.29, 1.82) is 0 Å². The van der Waals surface area contributed by atoms with Crippen molar-refractivity contribution in [2.24, 2.45) is 5.41 Å². The standard InChI is InChI=1S/C18H26N2O2/c1-18(2,3)13-16(21)19-15-9-7-14(8-10-15)17(22)20-11-5-4-6-12-20/h7-10H,4-6,11-13H2,1-3H3,(H,19,21). The molecule has 1 saturated heterocycles. The Labute approximate surface area is 132 Å². The number of piperidine rings is 1. The molecule has 1 aliphatic rings. The van der Waals surface area contributed by atoms with Gasteiger partial charge in [-0.1, -0.05) is 20.8 Å². The molecule has 120 valence electrons. The summed E-state index contributed by atoms with van der Waals surface area (Å²) < 4.78 is 0. The first-order valence-corrected chi connectivity index (χ1v) is 8.04. The van der Waals surface area contributed by atoms with E-state index in [4.69, 9.17) is 0 Å². The summed E-state index contributed by atoms with van der Waals surface area (Å²) in [7, 11) is 0. The van der Waals surface area contributed by atoms with Crippen molar-refractivity contribution >= 4 is 17.5 Å². The maximum atomic E-state index is 12.4. The Kier molecular flexibility index (Phi) is 5.22. The number of carbonyl (C=O) groups is 2. The molecule has 1 aromatic rings. The normalized spacial score (nSPS) is 15.5. The Balaban J connectivity index is 1.95. The van der Waals surface area contributed by atoms with Gasteiger partial charge in [0.2, 0.25) is 5.91 Å². The zero-order valence-electron chi connectivity index (χ0n) is 13.8. The van der Waals surface area contributed by atoms with Gasteiger partial charge >= 0.3 is 0 Å². The van der Waals surface area contributed by atoms with E-state index in [9.17, 15) is 9.59 Å². The molecule has 0 aromatic heterocycles. The van der Waals surface area contributed by atoms with Crippen LogP contribution in [0.25, 0.3) is 0 Å². The Bertz CT molecular complexity index is 523. The second kappa shape index (κ2) is 6.95. The SMILES string of the molecule is CC(C)(C)CC(=O)Nc1ccc(C(=O)N2CCCCC2)cc1. The Morgan fingerprint density at radius 2 is 1.64 bits per heavy atom. The van der Waals surface area contributed by atoms with E-state index >= 15 is 0 Å². The molecule has 1 heterocycles. The summed E-state index contributed by atoms with van der Waals surface area (Å²) in [6.07, 6.45) is 3.86. The van der Waals surface area contributed by atoms with Gasteiger partial charge in [-0.05, 0) is 48.9 Å². The fourth-order valence-electron chi connectivity index (χ4n) is 2.66. The summed E-state index contributed by atoms with van der Waals surface area (Å²) in [4.78, 5) is 26.2. The zero-order valence-corrected chi connectivity index (χ0v) is 13.8. The minimum absolute atomic E-state index is 0.00241. The van der Waals surface area contributed by atoms with Gasteiger partial charge in [0, 0.05) is 30.8 Å². The Morgan fingerprint density at radius 3 is 2.18 bits per heavy atom. The molecule has 2 rings (SSSR count). The lowest BCUT2D eigenvalue weighted by atomic mass is 9.92. The molecule has 4 nitrogen and oxygen atoms in total. The van der Waals surface area contributed by atoms with Crippen LogP contribution in [0.2, 0.25) is 0 Å². The fraction of sp³-hybridized carbons (Fsp3) is 0.556. The maximum Gasteiger partial charge on any atom is 0.253 e. The lowest BCUT2D eigenvalue weighted by Crippen LogP contribution is -2.35. The first kappa shape index (κ1) is 16.5. The second-order valence-electron chi connectivity index (χ2n) is 7.22. The van der Waals surface area contributed by atoms with Crippen LogP contribution in [0.1, 0.15) is 56.8 Å². The van der Waals surface area contributed by atoms with E-state index in [1.54, 1.807) is 24.3 Å². The molecule has 0 spiro atoms. The number of nitrogens with one attached hydrogen (secondary N) is 1. The number of likely N-dealkylation sites (tertiary alicyclic amines) is 1. The highest BCUT2D eigenvalue weighted by Gasteiger charge is 2.18. The van der Waals surface area contributed by atoms with Gasteiger partial charge in [-0.25, -0.2) is 0 Å². The van der Waals surface area contributed by atoms with Gasteiger partial charge in [0.1, 0.15) is 0 Å². The zero-order chi connectivity index (χ0) is 16.2. The highest BCUT2D eigenvalue weighted by atomic mass is 16.2. The molecule has 22 heavy (non-hydrogen) atoms. The molecule has 1 aromatic carbocycles. The average molecular weight is 302 g/mol. The molecule has 4 heteroatoms. The molecule has 0 unspecified atom stereocenters. The van der Waals surface area contributed by atoms with Crippen LogP contribution in [0.15, 0.2) is 24.3 Å². The molecule has 1 fully saturated rings. The summed E-state index contributed by atoms with van der Waals surface area (Å²) in [6.45, 7) is 7.80. The highest BCUT2D eigenvalue weighted by molar-refractivity contribution is 5.96. The first-order chi connectivity index (χ1) is 10.3. The molecular formula is C18H26N2O2. The van der Waals surface area contributed by atoms with Crippen molar-refractivity contribution in [3.63, 3.8) is 0 Å². The molecule has 0 atom stereocenters. The lowest BCUT2D eigenvalue weighted by Gasteiger charge is -2.26. The third kappa shape index (κ3) is 4.86. The summed E-state index contributed by atoms with van der Waals surface area (Å²) in [5.74, 6) is 0.0925. The Hall–Kier alpha value is -1.84. The third-order valence-electron chi connectivity index (χ3n) is 3.75. The van der Waals surface area contributed by atoms with Crippen LogP contribution < -0.4 is 5.32 Å². The van der Waals surface area contributed by atoms with Gasteiger partial charge in [-0.3, -0.25) is 9.59 Å². The number of carbonyl (C=O) groups excluding carboxylic acids is 2. The van der Waals surface area contributed by atoms with E-state index < -0.39 is 0 Å². The largest absolute Gasteiger partial charge is 0.339 e. The molecule has 0 aliphatic carbocycles. The third-order valence-corrected chi connectivity index (χ3v) is 3.75. The summed E-state index contributed by atoms with van der Waals surface area (Å²) in [6, 6.07) is 7.20. The molecule has 1 aliphatic heterocycles. The van der Waals surface area contributed by atoms with E-state index in [1.165, 1.54) is 6.42 Å². The van der Waals surface area contributed by atoms with Gasteiger partial charge in [-0.2, -0.15) is 0 Å². The number of rotatable bonds is 3. The maximum absolute atomic E-state index is 12.4. The van der Waals surface area contributed by atoms with E-state index in [2.05, 4.69) is 5.32 Å². The van der Waals surface area contributed by atoms with E-state index in [1.807, 2.05) is 25.7 Å². The van der Waals surface area contributed by atoms with Gasteiger partial charge in [0.05, 0.1) is 0 Å². The second-order valence-corrected chi connectivity index (χ2v) is 7.22. The number of amides is 2. The number of benzene rings is 1. The van der Waals surface area contributed by atoms with Gasteiger partial charge in [-0.15, -0.1) is 0 Å². The summed E-state index contributed by atoms with van der Waals surface area (Å²) in [5.41, 5.74) is 1.40. The van der Waals surface area contributed by atoms with E-state index in [0.717, 1.165) is 31.6 Å². The molecule has 0 saturated carbocycles. The predicted octanol–water partition coefficient (Wildman–Crippen LogP) is 3.69. The summed E-state index contributed by atoms with van der Waals surface area (Å²) in [5, 5.41) is 2.88. The van der Waals surface area contributed by atoms with Crippen molar-refractivity contribution < 1.29 is 9.59 Å². The molecule has 0 bridgehead atoms. The topological polar surface area (TPSA) is 49.4 Å². The average Bonchev–Trinajstić information content (AvgIpc) is 2.46. The minimum Gasteiger partial charge on any atom is -0.339 e. The van der Waals surface area contributed by atoms with Crippen molar-refractivity contribution in [2.75, 3.05) is 18.4 Å². The Morgan fingerprint density at radius 1 is 1.05 bits per heavy atom. The highest BCUT2D eigenvalue weighted by Crippen LogP contribution is 2.20. The quantitative estimate of drug-likeness (QED) is 0.925. The van der Waals surface area contributed by atoms with Crippen molar-refractivity contribution in [3.8, 4) is 0 Å². The lowest BCUT2D eigenvalue weighted by molar-refractivity contribution is -0.117. The molecule has 2 amide bonds. The van der Waals surface area contributed by atoms with Crippen molar-refractivity contribution in [3.05, 3.63) is 29.8 Å². The van der Waals surface area contributed by atoms with Crippen LogP contribution in [-0.2, 0) is 4.79 Å². The van der Waals surface area contributed by atoms with Crippen LogP contribution >= 0.6 is 0 Å². The van der Waals surface area contributed by atoms with Gasteiger partial charge in [0.15, 0.2) is 0 Å². The number of nitrogens with zero attached hydrogens (tertiary/aromatic N) is 1. The van der Waals surface area contributed by atoms with Crippen LogP contribution in [0.4, 0.5) is 5.69 Å². The van der Waals surface area contributed by atoms with E-state index in [0.29, 0.717) is 12.0 Å². The first-order valence-electron chi connectivity index (χ1n) is 8.04. The van der Waals surface area contributed by atoms with Crippen molar-refractivity contribution in [2.45, 2.75) is 46.5 Å². The molecule has 0 radical (unpaired) electrons. The molecular weight excluding hydrogens is 276 g/mol. The van der Waals surface area contributed by atoms with E-state index in [-0.39, 0.29) is 17.2 Å². The van der Waals surface area contributed by atoms with Crippen molar-refractivity contribution in [1.82, 2.24) is 4.90 Å². The van der Waals surface area contributed by atoms with Crippen LogP contribution in [-0.4, -0.2) is 29.8 Å². The minimum atomic E-state index is -0.0335. The molecule has 1 N–H and O–H groups in total. The predicted molar refractivity (Wildman–Crippen MR) is 88.9 cm³/mol. The van der Waals surface area contributed by atoms with Crippen LogP contribution in [0.3, 0.4) is 0 Å². The van der Waals surface area contributed by atoms with Gasteiger partial charge in [0.25, 0.3) is 5.91 Å². The monoisotopic (exact) mass is 302 g/mol. The summed E-state index contributed by atoms with van der Waals surface area (Å²) >= 11 is 0. The van der Waals surface area contributed by atoms with Crippen LogP contribution in [0, 0.1) is 5.41 Å². The smallest absolute Gasteiger partial charge is 0.253 e. The fourth-order valence-corrected chi connectivity index (χ4v) is 2.66. The van der Waals surface area contributed by atoms with Gasteiger partial charge < -0.3 is 10.2 Å². The number of anilines is 1. The number of hydrogen-bond donors (Lipinski definition) is 1.